The molecule has 0 unspecified atom stereocenters. The Morgan fingerprint density at radius 1 is 1.09 bits per heavy atom. The first-order valence-electron chi connectivity index (χ1n) is 11.4. The van der Waals surface area contributed by atoms with Crippen molar-refractivity contribution in [2.75, 3.05) is 6.54 Å². The predicted molar refractivity (Wildman–Crippen MR) is 128 cm³/mol. The van der Waals surface area contributed by atoms with Crippen LogP contribution in [0.15, 0.2) is 54.7 Å². The Morgan fingerprint density at radius 3 is 2.72 bits per heavy atom. The summed E-state index contributed by atoms with van der Waals surface area (Å²) in [4.78, 5) is 11.4. The molecule has 6 nitrogen and oxygen atoms in total. The number of nitrogens with one attached hydrogen (secondary N) is 1. The van der Waals surface area contributed by atoms with Gasteiger partial charge in [-0.05, 0) is 44.0 Å². The van der Waals surface area contributed by atoms with Crippen molar-refractivity contribution >= 4 is 21.9 Å². The molecule has 0 saturated carbocycles. The molecule has 6 rings (SSSR count). The van der Waals surface area contributed by atoms with Crippen LogP contribution in [0.5, 0.6) is 0 Å². The highest BCUT2D eigenvalue weighted by atomic mass is 15.3. The van der Waals surface area contributed by atoms with Gasteiger partial charge in [0.25, 0.3) is 0 Å². The minimum Gasteiger partial charge on any atom is -0.356 e. The van der Waals surface area contributed by atoms with E-state index in [4.69, 9.17) is 4.98 Å². The van der Waals surface area contributed by atoms with E-state index in [1.54, 1.807) is 0 Å². The van der Waals surface area contributed by atoms with E-state index in [0.29, 0.717) is 0 Å². The lowest BCUT2D eigenvalue weighted by atomic mass is 9.96. The fourth-order valence-corrected chi connectivity index (χ4v) is 5.26. The van der Waals surface area contributed by atoms with E-state index in [9.17, 15) is 0 Å². The summed E-state index contributed by atoms with van der Waals surface area (Å²) in [6, 6.07) is 17.1. The number of rotatable bonds is 4. The van der Waals surface area contributed by atoms with E-state index in [1.807, 2.05) is 4.68 Å². The highest BCUT2D eigenvalue weighted by Gasteiger charge is 2.35. The molecule has 4 heterocycles. The number of aryl methyl sites for hydroxylation is 3. The first-order valence-corrected chi connectivity index (χ1v) is 11.4. The second-order valence-electron chi connectivity index (χ2n) is 8.80. The Labute approximate surface area is 187 Å². The summed E-state index contributed by atoms with van der Waals surface area (Å²) in [5.41, 5.74) is 8.52. The van der Waals surface area contributed by atoms with Crippen LogP contribution in [0.3, 0.4) is 0 Å². The predicted octanol–water partition coefficient (Wildman–Crippen LogP) is 4.73. The first-order chi connectivity index (χ1) is 15.6. The normalized spacial score (nSPS) is 16.8. The summed E-state index contributed by atoms with van der Waals surface area (Å²) in [5.74, 6) is 1.08. The van der Waals surface area contributed by atoms with E-state index in [1.165, 1.54) is 33.2 Å². The molecule has 6 heteroatoms. The molecule has 162 valence electrons. The average molecular weight is 425 g/mol. The van der Waals surface area contributed by atoms with Crippen molar-refractivity contribution in [3.63, 3.8) is 0 Å². The van der Waals surface area contributed by atoms with Gasteiger partial charge in [0.05, 0.1) is 16.7 Å². The fraction of sp³-hybridized carbons (Fsp3) is 0.308. The van der Waals surface area contributed by atoms with E-state index in [0.717, 1.165) is 43.1 Å². The Hall–Kier alpha value is -3.38. The lowest BCUT2D eigenvalue weighted by molar-refractivity contribution is 0.192. The largest absolute Gasteiger partial charge is 0.356 e. The second-order valence-corrected chi connectivity index (χ2v) is 8.80. The number of nitrogens with zero attached hydrogens (tertiary/aromatic N) is 5. The van der Waals surface area contributed by atoms with Gasteiger partial charge in [0.15, 0.2) is 0 Å². The standard InChI is InChI=1S/C26H28N6/c1-4-32-16-18(17(2)29-32)15-31-14-13-20-19-9-5-6-10-21(19)27-24(20)25(31)26-28-22-11-7-8-12-23(22)30(26)3/h5-12,16,25,27H,4,13-15H2,1-3H3/t25-/m1/s1. The van der Waals surface area contributed by atoms with E-state index < -0.39 is 0 Å². The Kier molecular flexibility index (Phi) is 4.43. The number of imidazole rings is 1. The summed E-state index contributed by atoms with van der Waals surface area (Å²) in [6.07, 6.45) is 3.22. The monoisotopic (exact) mass is 424 g/mol. The van der Waals surface area contributed by atoms with E-state index in [-0.39, 0.29) is 6.04 Å². The molecule has 0 fully saturated rings. The van der Waals surface area contributed by atoms with Gasteiger partial charge in [0.2, 0.25) is 0 Å². The molecule has 1 aliphatic heterocycles. The Bertz CT molecular complexity index is 1440. The third kappa shape index (κ3) is 2.90. The van der Waals surface area contributed by atoms with Crippen molar-refractivity contribution in [3.8, 4) is 0 Å². The van der Waals surface area contributed by atoms with Gasteiger partial charge >= 0.3 is 0 Å². The minimum atomic E-state index is 0.0629. The molecule has 5 aromatic rings. The van der Waals surface area contributed by atoms with Crippen molar-refractivity contribution in [1.29, 1.82) is 0 Å². The number of para-hydroxylation sites is 3. The maximum atomic E-state index is 5.12. The maximum Gasteiger partial charge on any atom is 0.133 e. The number of hydrogen-bond acceptors (Lipinski definition) is 3. The van der Waals surface area contributed by atoms with Crippen LogP contribution in [0.1, 0.15) is 41.3 Å². The Balaban J connectivity index is 1.52. The van der Waals surface area contributed by atoms with Crippen molar-refractivity contribution in [2.45, 2.75) is 39.4 Å². The van der Waals surface area contributed by atoms with Gasteiger partial charge in [0, 0.05) is 55.0 Å². The summed E-state index contributed by atoms with van der Waals surface area (Å²) in [7, 11) is 2.14. The smallest absolute Gasteiger partial charge is 0.133 e. The zero-order valence-corrected chi connectivity index (χ0v) is 18.8. The van der Waals surface area contributed by atoms with E-state index in [2.05, 4.69) is 95.2 Å². The zero-order valence-electron chi connectivity index (χ0n) is 18.8. The molecule has 0 aliphatic carbocycles. The molecular formula is C26H28N6. The molecule has 1 N–H and O–H groups in total. The van der Waals surface area contributed by atoms with Gasteiger partial charge in [-0.3, -0.25) is 9.58 Å². The SMILES string of the molecule is CCn1cc(CN2CCc3c([nH]c4ccccc34)[C@@H]2c2nc3ccccc3n2C)c(C)n1. The van der Waals surface area contributed by atoms with Crippen LogP contribution in [-0.2, 0) is 26.6 Å². The van der Waals surface area contributed by atoms with E-state index >= 15 is 0 Å². The van der Waals surface area contributed by atoms with Gasteiger partial charge in [-0.1, -0.05) is 30.3 Å². The summed E-state index contributed by atoms with van der Waals surface area (Å²) in [5, 5.41) is 6.02. The molecule has 0 amide bonds. The number of fused-ring (bicyclic) bond motifs is 4. The minimum absolute atomic E-state index is 0.0629. The van der Waals surface area contributed by atoms with Crippen LogP contribution < -0.4 is 0 Å². The van der Waals surface area contributed by atoms with Gasteiger partial charge < -0.3 is 9.55 Å². The molecule has 3 aromatic heterocycles. The third-order valence-corrected chi connectivity index (χ3v) is 6.95. The molecule has 0 saturated heterocycles. The number of aromatic nitrogens is 5. The summed E-state index contributed by atoms with van der Waals surface area (Å²) >= 11 is 0. The lowest BCUT2D eigenvalue weighted by Gasteiger charge is -2.35. The molecule has 0 radical (unpaired) electrons. The maximum absolute atomic E-state index is 5.12. The molecule has 2 aromatic carbocycles. The number of H-pyrrole nitrogens is 1. The topological polar surface area (TPSA) is 54.7 Å². The van der Waals surface area contributed by atoms with Crippen LogP contribution in [0, 0.1) is 6.92 Å². The summed E-state index contributed by atoms with van der Waals surface area (Å²) < 4.78 is 4.29. The van der Waals surface area contributed by atoms with Crippen molar-refractivity contribution in [3.05, 3.63) is 83.1 Å². The van der Waals surface area contributed by atoms with Gasteiger partial charge in [0.1, 0.15) is 11.9 Å². The van der Waals surface area contributed by atoms with Crippen molar-refractivity contribution < 1.29 is 0 Å². The van der Waals surface area contributed by atoms with Crippen LogP contribution >= 0.6 is 0 Å². The highest BCUT2D eigenvalue weighted by Crippen LogP contribution is 2.39. The molecule has 0 bridgehead atoms. The highest BCUT2D eigenvalue weighted by molar-refractivity contribution is 5.85. The zero-order chi connectivity index (χ0) is 21.8. The molecule has 1 atom stereocenters. The quantitative estimate of drug-likeness (QED) is 0.454. The number of benzene rings is 2. The average Bonchev–Trinajstić information content (AvgIpc) is 3.47. The van der Waals surface area contributed by atoms with Crippen LogP contribution in [0.2, 0.25) is 0 Å². The van der Waals surface area contributed by atoms with Crippen molar-refractivity contribution in [2.24, 2.45) is 7.05 Å². The van der Waals surface area contributed by atoms with Gasteiger partial charge in [-0.15, -0.1) is 0 Å². The van der Waals surface area contributed by atoms with Crippen LogP contribution in [-0.4, -0.2) is 35.8 Å². The fourth-order valence-electron chi connectivity index (χ4n) is 5.26. The summed E-state index contributed by atoms with van der Waals surface area (Å²) in [6.45, 7) is 6.98. The lowest BCUT2D eigenvalue weighted by Crippen LogP contribution is -2.37. The molecular weight excluding hydrogens is 396 g/mol. The Morgan fingerprint density at radius 2 is 1.91 bits per heavy atom. The van der Waals surface area contributed by atoms with Gasteiger partial charge in [-0.2, -0.15) is 5.10 Å². The molecule has 0 spiro atoms. The van der Waals surface area contributed by atoms with Crippen LogP contribution in [0.4, 0.5) is 0 Å². The van der Waals surface area contributed by atoms with Crippen molar-refractivity contribution in [1.82, 2.24) is 29.2 Å². The number of aromatic amines is 1. The number of hydrogen-bond donors (Lipinski definition) is 1. The van der Waals surface area contributed by atoms with Gasteiger partial charge in [-0.25, -0.2) is 4.98 Å². The molecule has 1 aliphatic rings. The molecule has 32 heavy (non-hydrogen) atoms. The first kappa shape index (κ1) is 19.3. The third-order valence-electron chi connectivity index (χ3n) is 6.95. The van der Waals surface area contributed by atoms with Crippen LogP contribution in [0.25, 0.3) is 21.9 Å². The second kappa shape index (κ2) is 7.35.